The van der Waals surface area contributed by atoms with Crippen LogP contribution in [-0.4, -0.2) is 34.9 Å². The summed E-state index contributed by atoms with van der Waals surface area (Å²) in [6.45, 7) is 2.64. The quantitative estimate of drug-likeness (QED) is 0.862. The fourth-order valence-electron chi connectivity index (χ4n) is 2.06. The van der Waals surface area contributed by atoms with E-state index in [1.165, 1.54) is 0 Å². The van der Waals surface area contributed by atoms with Gasteiger partial charge in [-0.1, -0.05) is 6.07 Å². The maximum atomic E-state index is 5.34. The first-order chi connectivity index (χ1) is 8.92. The molecule has 5 heteroatoms. The second-order valence-electron chi connectivity index (χ2n) is 4.49. The normalized spacial score (nSPS) is 19.0. The summed E-state index contributed by atoms with van der Waals surface area (Å²) in [6, 6.07) is 7.81. The Hall–Kier alpha value is -1.88. The highest BCUT2D eigenvalue weighted by Gasteiger charge is 2.15. The number of anilines is 1. The summed E-state index contributed by atoms with van der Waals surface area (Å²) in [6.07, 6.45) is 2.91. The van der Waals surface area contributed by atoms with E-state index in [1.54, 1.807) is 6.20 Å². The molecular formula is C13H16N4O. The molecular weight excluding hydrogens is 228 g/mol. The minimum absolute atomic E-state index is 0.597. The molecule has 5 nitrogen and oxygen atoms in total. The van der Waals surface area contributed by atoms with Crippen molar-refractivity contribution in [1.29, 1.82) is 0 Å². The van der Waals surface area contributed by atoms with Gasteiger partial charge in [-0.2, -0.15) is 5.10 Å². The fourth-order valence-corrected chi connectivity index (χ4v) is 2.06. The Bertz CT molecular complexity index is 491. The van der Waals surface area contributed by atoms with Crippen LogP contribution in [0.3, 0.4) is 0 Å². The average molecular weight is 244 g/mol. The zero-order valence-electron chi connectivity index (χ0n) is 10.1. The molecule has 2 N–H and O–H groups in total. The van der Waals surface area contributed by atoms with E-state index in [9.17, 15) is 0 Å². The lowest BCUT2D eigenvalue weighted by atomic mass is 10.1. The van der Waals surface area contributed by atoms with Crippen LogP contribution >= 0.6 is 0 Å². The third kappa shape index (κ3) is 2.51. The van der Waals surface area contributed by atoms with Gasteiger partial charge in [-0.3, -0.25) is 10.1 Å². The number of aromatic nitrogens is 3. The molecule has 3 rings (SSSR count). The second kappa shape index (κ2) is 5.18. The predicted octanol–water partition coefficient (Wildman–Crippen LogP) is 1.92. The Morgan fingerprint density at radius 1 is 1.44 bits per heavy atom. The van der Waals surface area contributed by atoms with Crippen LogP contribution in [0.1, 0.15) is 6.42 Å². The highest BCUT2D eigenvalue weighted by atomic mass is 16.5. The molecule has 0 aromatic carbocycles. The van der Waals surface area contributed by atoms with E-state index in [0.717, 1.165) is 43.4 Å². The van der Waals surface area contributed by atoms with Gasteiger partial charge in [0.25, 0.3) is 0 Å². The highest BCUT2D eigenvalue weighted by molar-refractivity contribution is 5.58. The Morgan fingerprint density at radius 2 is 2.44 bits per heavy atom. The molecule has 0 unspecified atom stereocenters. The maximum Gasteiger partial charge on any atom is 0.148 e. The van der Waals surface area contributed by atoms with Gasteiger partial charge in [0.1, 0.15) is 5.82 Å². The van der Waals surface area contributed by atoms with Crippen molar-refractivity contribution in [2.24, 2.45) is 5.92 Å². The van der Waals surface area contributed by atoms with Gasteiger partial charge in [-0.05, 0) is 18.6 Å². The Kier molecular flexibility index (Phi) is 3.23. The van der Waals surface area contributed by atoms with E-state index in [-0.39, 0.29) is 0 Å². The summed E-state index contributed by atoms with van der Waals surface area (Å²) >= 11 is 0. The fraction of sp³-hybridized carbons (Fsp3) is 0.385. The number of pyridine rings is 1. The van der Waals surface area contributed by atoms with Crippen molar-refractivity contribution in [2.75, 3.05) is 25.1 Å². The van der Waals surface area contributed by atoms with Crippen LogP contribution < -0.4 is 5.32 Å². The Morgan fingerprint density at radius 3 is 3.22 bits per heavy atom. The molecule has 0 amide bonds. The zero-order valence-corrected chi connectivity index (χ0v) is 10.1. The van der Waals surface area contributed by atoms with Gasteiger partial charge in [0.05, 0.1) is 18.0 Å². The van der Waals surface area contributed by atoms with Gasteiger partial charge in [0.15, 0.2) is 0 Å². The largest absolute Gasteiger partial charge is 0.381 e. The lowest BCUT2D eigenvalue weighted by Crippen LogP contribution is -2.14. The molecule has 0 saturated carbocycles. The highest BCUT2D eigenvalue weighted by Crippen LogP contribution is 2.18. The summed E-state index contributed by atoms with van der Waals surface area (Å²) in [5, 5.41) is 10.6. The summed E-state index contributed by atoms with van der Waals surface area (Å²) in [4.78, 5) is 4.28. The van der Waals surface area contributed by atoms with Crippen LogP contribution in [0.5, 0.6) is 0 Å². The third-order valence-corrected chi connectivity index (χ3v) is 3.11. The summed E-state index contributed by atoms with van der Waals surface area (Å²) in [7, 11) is 0. The lowest BCUT2D eigenvalue weighted by molar-refractivity contribution is 0.187. The standard InChI is InChI=1S/C13H16N4O/c1-2-5-14-11(3-1)12-7-13(17-16-12)15-8-10-4-6-18-9-10/h1-3,5,7,10H,4,6,8-9H2,(H2,15,16,17)/t10-/m1/s1. The number of rotatable bonds is 4. The minimum atomic E-state index is 0.597. The van der Waals surface area contributed by atoms with Crippen LogP contribution in [-0.2, 0) is 4.74 Å². The number of nitrogens with zero attached hydrogens (tertiary/aromatic N) is 2. The topological polar surface area (TPSA) is 62.8 Å². The van der Waals surface area contributed by atoms with Crippen molar-refractivity contribution in [2.45, 2.75) is 6.42 Å². The van der Waals surface area contributed by atoms with Gasteiger partial charge < -0.3 is 10.1 Å². The Labute approximate surface area is 106 Å². The molecule has 2 aromatic heterocycles. The van der Waals surface area contributed by atoms with E-state index in [2.05, 4.69) is 20.5 Å². The maximum absolute atomic E-state index is 5.34. The van der Waals surface area contributed by atoms with Gasteiger partial charge in [0, 0.05) is 31.3 Å². The van der Waals surface area contributed by atoms with Crippen LogP contribution in [0.4, 0.5) is 5.82 Å². The molecule has 0 radical (unpaired) electrons. The molecule has 0 aliphatic carbocycles. The van der Waals surface area contributed by atoms with Crippen LogP contribution in [0.15, 0.2) is 30.5 Å². The molecule has 94 valence electrons. The predicted molar refractivity (Wildman–Crippen MR) is 69.2 cm³/mol. The lowest BCUT2D eigenvalue weighted by Gasteiger charge is -2.07. The van der Waals surface area contributed by atoms with E-state index in [0.29, 0.717) is 5.92 Å². The molecule has 3 heterocycles. The molecule has 1 fully saturated rings. The first-order valence-electron chi connectivity index (χ1n) is 6.20. The number of H-pyrrole nitrogens is 1. The molecule has 1 aliphatic heterocycles. The average Bonchev–Trinajstić information content (AvgIpc) is 3.09. The number of hydrogen-bond donors (Lipinski definition) is 2. The SMILES string of the molecule is c1ccc(-c2cc(NC[C@H]3CCOC3)n[nH]2)nc1. The van der Waals surface area contributed by atoms with Crippen LogP contribution in [0.2, 0.25) is 0 Å². The van der Waals surface area contributed by atoms with Crippen molar-refractivity contribution in [3.8, 4) is 11.4 Å². The van der Waals surface area contributed by atoms with Crippen LogP contribution in [0, 0.1) is 5.92 Å². The second-order valence-corrected chi connectivity index (χ2v) is 4.49. The van der Waals surface area contributed by atoms with Gasteiger partial charge in [-0.15, -0.1) is 0 Å². The van der Waals surface area contributed by atoms with Gasteiger partial charge in [0.2, 0.25) is 0 Å². The molecule has 1 aliphatic rings. The van der Waals surface area contributed by atoms with Crippen molar-refractivity contribution >= 4 is 5.82 Å². The van der Waals surface area contributed by atoms with Crippen molar-refractivity contribution in [3.63, 3.8) is 0 Å². The molecule has 0 spiro atoms. The van der Waals surface area contributed by atoms with E-state index < -0.39 is 0 Å². The van der Waals surface area contributed by atoms with E-state index in [1.807, 2.05) is 24.3 Å². The first-order valence-corrected chi connectivity index (χ1v) is 6.20. The first kappa shape index (κ1) is 11.2. The van der Waals surface area contributed by atoms with E-state index >= 15 is 0 Å². The monoisotopic (exact) mass is 244 g/mol. The molecule has 2 aromatic rings. The summed E-state index contributed by atoms with van der Waals surface area (Å²) in [5.41, 5.74) is 1.84. The van der Waals surface area contributed by atoms with Gasteiger partial charge in [-0.25, -0.2) is 0 Å². The van der Waals surface area contributed by atoms with Crippen molar-refractivity contribution in [3.05, 3.63) is 30.5 Å². The zero-order chi connectivity index (χ0) is 12.2. The summed E-state index contributed by atoms with van der Waals surface area (Å²) in [5.74, 6) is 1.46. The molecule has 1 saturated heterocycles. The molecule has 0 bridgehead atoms. The van der Waals surface area contributed by atoms with E-state index in [4.69, 9.17) is 4.74 Å². The van der Waals surface area contributed by atoms with Gasteiger partial charge >= 0.3 is 0 Å². The Balaban J connectivity index is 1.63. The number of ether oxygens (including phenoxy) is 1. The number of hydrogen-bond acceptors (Lipinski definition) is 4. The van der Waals surface area contributed by atoms with Crippen molar-refractivity contribution < 1.29 is 4.74 Å². The summed E-state index contributed by atoms with van der Waals surface area (Å²) < 4.78 is 5.34. The minimum Gasteiger partial charge on any atom is -0.381 e. The van der Waals surface area contributed by atoms with Crippen LogP contribution in [0.25, 0.3) is 11.4 Å². The number of nitrogens with one attached hydrogen (secondary N) is 2. The molecule has 1 atom stereocenters. The van der Waals surface area contributed by atoms with Crippen molar-refractivity contribution in [1.82, 2.24) is 15.2 Å². The smallest absolute Gasteiger partial charge is 0.148 e. The number of aromatic amines is 1. The molecule has 18 heavy (non-hydrogen) atoms. The third-order valence-electron chi connectivity index (χ3n) is 3.11.